The van der Waals surface area contributed by atoms with E-state index in [0.29, 0.717) is 11.3 Å². The second kappa shape index (κ2) is 6.49. The fraction of sp³-hybridized carbons (Fsp3) is 0.647. The maximum absolute atomic E-state index is 5.84. The zero-order valence-corrected chi connectivity index (χ0v) is 13.2. The van der Waals surface area contributed by atoms with Crippen LogP contribution in [0.3, 0.4) is 0 Å². The van der Waals surface area contributed by atoms with E-state index in [1.54, 1.807) is 0 Å². The molecule has 0 bridgehead atoms. The standard InChI is InChI=1S/C17H27NO2/c1-13-10-19-15-6-5-14(9-16(15)20-11-13)7-8-17(2,3)12-18-4/h5-6,9,13,18H,7-8,10-12H2,1-4H3. The molecule has 0 amide bonds. The molecule has 0 fully saturated rings. The molecule has 0 radical (unpaired) electrons. The first-order chi connectivity index (χ1) is 9.50. The van der Waals surface area contributed by atoms with Gasteiger partial charge >= 0.3 is 0 Å². The van der Waals surface area contributed by atoms with E-state index in [-0.39, 0.29) is 0 Å². The molecule has 1 aliphatic rings. The van der Waals surface area contributed by atoms with Crippen LogP contribution in [-0.2, 0) is 6.42 Å². The summed E-state index contributed by atoms with van der Waals surface area (Å²) >= 11 is 0. The predicted octanol–water partition coefficient (Wildman–Crippen LogP) is 3.27. The van der Waals surface area contributed by atoms with Gasteiger partial charge in [0, 0.05) is 5.92 Å². The van der Waals surface area contributed by atoms with Crippen LogP contribution >= 0.6 is 0 Å². The highest BCUT2D eigenvalue weighted by molar-refractivity contribution is 5.43. The van der Waals surface area contributed by atoms with E-state index in [1.165, 1.54) is 5.56 Å². The summed E-state index contributed by atoms with van der Waals surface area (Å²) in [5, 5.41) is 3.26. The van der Waals surface area contributed by atoms with Crippen molar-refractivity contribution in [1.29, 1.82) is 0 Å². The summed E-state index contributed by atoms with van der Waals surface area (Å²) in [5.41, 5.74) is 1.64. The molecule has 20 heavy (non-hydrogen) atoms. The predicted molar refractivity (Wildman–Crippen MR) is 82.6 cm³/mol. The van der Waals surface area contributed by atoms with Gasteiger partial charge in [-0.25, -0.2) is 0 Å². The molecule has 112 valence electrons. The summed E-state index contributed by atoms with van der Waals surface area (Å²) in [7, 11) is 2.01. The Balaban J connectivity index is 2.01. The van der Waals surface area contributed by atoms with Crippen LogP contribution in [0.5, 0.6) is 11.5 Å². The molecular formula is C17H27NO2. The molecule has 1 aromatic carbocycles. The van der Waals surface area contributed by atoms with Gasteiger partial charge in [-0.1, -0.05) is 26.8 Å². The first kappa shape index (κ1) is 15.2. The van der Waals surface area contributed by atoms with E-state index < -0.39 is 0 Å². The zero-order valence-electron chi connectivity index (χ0n) is 13.2. The largest absolute Gasteiger partial charge is 0.489 e. The molecule has 0 saturated carbocycles. The van der Waals surface area contributed by atoms with Crippen LogP contribution in [0.1, 0.15) is 32.8 Å². The molecule has 3 heteroatoms. The molecule has 1 unspecified atom stereocenters. The number of ether oxygens (including phenoxy) is 2. The smallest absolute Gasteiger partial charge is 0.161 e. The Morgan fingerprint density at radius 1 is 1.20 bits per heavy atom. The number of aryl methyl sites for hydroxylation is 1. The molecule has 0 aliphatic carbocycles. The lowest BCUT2D eigenvalue weighted by Gasteiger charge is -2.24. The van der Waals surface area contributed by atoms with Crippen LogP contribution < -0.4 is 14.8 Å². The van der Waals surface area contributed by atoms with E-state index in [1.807, 2.05) is 13.1 Å². The van der Waals surface area contributed by atoms with Gasteiger partial charge in [-0.3, -0.25) is 0 Å². The van der Waals surface area contributed by atoms with E-state index in [0.717, 1.165) is 44.1 Å². The SMILES string of the molecule is CNCC(C)(C)CCc1ccc2c(c1)OCC(C)CO2. The average molecular weight is 277 g/mol. The van der Waals surface area contributed by atoms with E-state index >= 15 is 0 Å². The highest BCUT2D eigenvalue weighted by atomic mass is 16.5. The van der Waals surface area contributed by atoms with Crippen LogP contribution in [0.25, 0.3) is 0 Å². The fourth-order valence-corrected chi connectivity index (χ4v) is 2.50. The minimum atomic E-state index is 0.313. The Hall–Kier alpha value is -1.22. The molecule has 1 aliphatic heterocycles. The molecule has 1 N–H and O–H groups in total. The van der Waals surface area contributed by atoms with Crippen molar-refractivity contribution < 1.29 is 9.47 Å². The number of benzene rings is 1. The summed E-state index contributed by atoms with van der Waals surface area (Å²) in [5.74, 6) is 2.23. The third kappa shape index (κ3) is 4.14. The van der Waals surface area contributed by atoms with Gasteiger partial charge in [-0.2, -0.15) is 0 Å². The number of hydrogen-bond acceptors (Lipinski definition) is 3. The van der Waals surface area contributed by atoms with Gasteiger partial charge in [0.15, 0.2) is 11.5 Å². The lowest BCUT2D eigenvalue weighted by Crippen LogP contribution is -2.27. The van der Waals surface area contributed by atoms with Gasteiger partial charge in [-0.15, -0.1) is 0 Å². The third-order valence-corrected chi connectivity index (χ3v) is 3.80. The second-order valence-electron chi connectivity index (χ2n) is 6.70. The lowest BCUT2D eigenvalue weighted by atomic mass is 9.86. The molecule has 0 spiro atoms. The monoisotopic (exact) mass is 277 g/mol. The summed E-state index contributed by atoms with van der Waals surface area (Å²) in [6, 6.07) is 6.35. The van der Waals surface area contributed by atoms with Gasteiger partial charge in [0.1, 0.15) is 0 Å². The van der Waals surface area contributed by atoms with Gasteiger partial charge in [0.25, 0.3) is 0 Å². The highest BCUT2D eigenvalue weighted by Crippen LogP contribution is 2.32. The minimum absolute atomic E-state index is 0.313. The van der Waals surface area contributed by atoms with Crippen molar-refractivity contribution in [2.24, 2.45) is 11.3 Å². The Labute approximate surface area is 122 Å². The van der Waals surface area contributed by atoms with Crippen LogP contribution in [0.15, 0.2) is 18.2 Å². The Morgan fingerprint density at radius 2 is 1.90 bits per heavy atom. The minimum Gasteiger partial charge on any atom is -0.489 e. The van der Waals surface area contributed by atoms with Crippen molar-refractivity contribution in [3.05, 3.63) is 23.8 Å². The number of nitrogens with one attached hydrogen (secondary N) is 1. The van der Waals surface area contributed by atoms with E-state index in [4.69, 9.17) is 9.47 Å². The highest BCUT2D eigenvalue weighted by Gasteiger charge is 2.18. The normalized spacial score (nSPS) is 18.7. The summed E-state index contributed by atoms with van der Waals surface area (Å²) < 4.78 is 11.6. The number of rotatable bonds is 5. The fourth-order valence-electron chi connectivity index (χ4n) is 2.50. The van der Waals surface area contributed by atoms with Crippen molar-refractivity contribution in [3.8, 4) is 11.5 Å². The molecule has 0 saturated heterocycles. The molecule has 0 aromatic heterocycles. The summed E-state index contributed by atoms with van der Waals surface area (Å²) in [6.07, 6.45) is 2.23. The van der Waals surface area contributed by atoms with E-state index in [9.17, 15) is 0 Å². The van der Waals surface area contributed by atoms with Crippen molar-refractivity contribution >= 4 is 0 Å². The zero-order chi connectivity index (χ0) is 14.6. The number of hydrogen-bond donors (Lipinski definition) is 1. The van der Waals surface area contributed by atoms with Crippen molar-refractivity contribution in [2.45, 2.75) is 33.6 Å². The van der Waals surface area contributed by atoms with Crippen molar-refractivity contribution in [3.63, 3.8) is 0 Å². The maximum Gasteiger partial charge on any atom is 0.161 e. The van der Waals surface area contributed by atoms with Crippen LogP contribution in [0, 0.1) is 11.3 Å². The van der Waals surface area contributed by atoms with Gasteiger partial charge < -0.3 is 14.8 Å². The molecule has 1 atom stereocenters. The van der Waals surface area contributed by atoms with Gasteiger partial charge in [0.2, 0.25) is 0 Å². The quantitative estimate of drug-likeness (QED) is 0.896. The molecular weight excluding hydrogens is 250 g/mol. The van der Waals surface area contributed by atoms with Crippen LogP contribution in [0.4, 0.5) is 0 Å². The molecule has 1 aromatic rings. The van der Waals surface area contributed by atoms with E-state index in [2.05, 4.69) is 38.2 Å². The van der Waals surface area contributed by atoms with Crippen LogP contribution in [-0.4, -0.2) is 26.8 Å². The van der Waals surface area contributed by atoms with Gasteiger partial charge in [0.05, 0.1) is 13.2 Å². The third-order valence-electron chi connectivity index (χ3n) is 3.80. The summed E-state index contributed by atoms with van der Waals surface area (Å²) in [4.78, 5) is 0. The Bertz CT molecular complexity index is 443. The van der Waals surface area contributed by atoms with Crippen LogP contribution in [0.2, 0.25) is 0 Å². The topological polar surface area (TPSA) is 30.5 Å². The van der Waals surface area contributed by atoms with Gasteiger partial charge in [-0.05, 0) is 49.5 Å². The average Bonchev–Trinajstić information content (AvgIpc) is 2.59. The first-order valence-corrected chi connectivity index (χ1v) is 7.53. The summed E-state index contributed by atoms with van der Waals surface area (Å²) in [6.45, 7) is 9.26. The molecule has 1 heterocycles. The number of fused-ring (bicyclic) bond motifs is 1. The second-order valence-corrected chi connectivity index (χ2v) is 6.70. The first-order valence-electron chi connectivity index (χ1n) is 7.53. The molecule has 2 rings (SSSR count). The van der Waals surface area contributed by atoms with Crippen molar-refractivity contribution in [2.75, 3.05) is 26.8 Å². The lowest BCUT2D eigenvalue weighted by molar-refractivity contribution is 0.228. The maximum atomic E-state index is 5.84. The Kier molecular flexibility index (Phi) is 4.92. The Morgan fingerprint density at radius 3 is 2.60 bits per heavy atom. The molecule has 3 nitrogen and oxygen atoms in total. The van der Waals surface area contributed by atoms with Crippen molar-refractivity contribution in [1.82, 2.24) is 5.32 Å².